The predicted octanol–water partition coefficient (Wildman–Crippen LogP) is 1.79. The van der Waals surface area contributed by atoms with E-state index in [0.29, 0.717) is 0 Å². The molecule has 1 aliphatic heterocycles. The van der Waals surface area contributed by atoms with Gasteiger partial charge in [-0.2, -0.15) is 0 Å². The molecule has 0 aromatic carbocycles. The number of rotatable bonds is 6. The highest BCUT2D eigenvalue weighted by molar-refractivity contribution is 4.78. The zero-order valence-electron chi connectivity index (χ0n) is 12.3. The van der Waals surface area contributed by atoms with Gasteiger partial charge in [-0.25, -0.2) is 0 Å². The van der Waals surface area contributed by atoms with Crippen LogP contribution in [0.4, 0.5) is 0 Å². The average molecular weight is 253 g/mol. The average Bonchev–Trinajstić information content (AvgIpc) is 2.88. The highest BCUT2D eigenvalue weighted by atomic mass is 15.3. The number of nitrogens with one attached hydrogen (secondary N) is 1. The molecular formula is C15H31N3. The van der Waals surface area contributed by atoms with Crippen molar-refractivity contribution < 1.29 is 0 Å². The molecule has 0 spiro atoms. The third kappa shape index (κ3) is 4.22. The molecule has 0 aromatic rings. The summed E-state index contributed by atoms with van der Waals surface area (Å²) in [6, 6.07) is 0.735. The fourth-order valence-corrected chi connectivity index (χ4v) is 3.50. The normalized spacial score (nSPS) is 28.0. The molecular weight excluding hydrogens is 222 g/mol. The molecule has 0 radical (unpaired) electrons. The van der Waals surface area contributed by atoms with Crippen LogP contribution in [-0.4, -0.2) is 61.7 Å². The van der Waals surface area contributed by atoms with E-state index < -0.39 is 0 Å². The smallest absolute Gasteiger partial charge is 0.0195 e. The summed E-state index contributed by atoms with van der Waals surface area (Å²) in [6.45, 7) is 13.3. The molecule has 1 N–H and O–H groups in total. The van der Waals surface area contributed by atoms with Crippen molar-refractivity contribution in [2.75, 3.05) is 45.8 Å². The van der Waals surface area contributed by atoms with Crippen molar-refractivity contribution in [3.8, 4) is 0 Å². The van der Waals surface area contributed by atoms with Crippen molar-refractivity contribution in [3.05, 3.63) is 0 Å². The summed E-state index contributed by atoms with van der Waals surface area (Å²) in [7, 11) is 0. The zero-order chi connectivity index (χ0) is 12.8. The Bertz CT molecular complexity index is 226. The first-order chi connectivity index (χ1) is 8.79. The van der Waals surface area contributed by atoms with Crippen LogP contribution in [0.25, 0.3) is 0 Å². The fourth-order valence-electron chi connectivity index (χ4n) is 3.50. The molecule has 2 fully saturated rings. The molecule has 2 aliphatic rings. The van der Waals surface area contributed by atoms with Gasteiger partial charge in [0, 0.05) is 38.8 Å². The van der Waals surface area contributed by atoms with E-state index in [1.807, 2.05) is 0 Å². The van der Waals surface area contributed by atoms with E-state index in [-0.39, 0.29) is 0 Å². The summed E-state index contributed by atoms with van der Waals surface area (Å²) in [4.78, 5) is 5.21. The summed E-state index contributed by atoms with van der Waals surface area (Å²) in [5, 5.41) is 3.66. The lowest BCUT2D eigenvalue weighted by molar-refractivity contribution is 0.0886. The lowest BCUT2D eigenvalue weighted by Crippen LogP contribution is -2.52. The Hall–Kier alpha value is -0.120. The van der Waals surface area contributed by atoms with E-state index in [1.54, 1.807) is 0 Å². The molecule has 1 unspecified atom stereocenters. The number of piperazine rings is 1. The Morgan fingerprint density at radius 1 is 1.17 bits per heavy atom. The van der Waals surface area contributed by atoms with Gasteiger partial charge in [0.15, 0.2) is 0 Å². The molecule has 0 bridgehead atoms. The van der Waals surface area contributed by atoms with Crippen molar-refractivity contribution in [1.82, 2.24) is 15.1 Å². The lowest BCUT2D eigenvalue weighted by Gasteiger charge is -2.39. The predicted molar refractivity (Wildman–Crippen MR) is 78.0 cm³/mol. The van der Waals surface area contributed by atoms with Crippen LogP contribution in [0.2, 0.25) is 0 Å². The van der Waals surface area contributed by atoms with Gasteiger partial charge in [0.05, 0.1) is 0 Å². The van der Waals surface area contributed by atoms with Crippen LogP contribution >= 0.6 is 0 Å². The topological polar surface area (TPSA) is 18.5 Å². The highest BCUT2D eigenvalue weighted by Gasteiger charge is 2.21. The maximum Gasteiger partial charge on any atom is 0.0195 e. The zero-order valence-corrected chi connectivity index (χ0v) is 12.3. The molecule has 1 aliphatic carbocycles. The largest absolute Gasteiger partial charge is 0.315 e. The molecule has 1 saturated carbocycles. The fraction of sp³-hybridized carbons (Fsp3) is 1.00. The molecule has 0 amide bonds. The summed E-state index contributed by atoms with van der Waals surface area (Å²) < 4.78 is 0. The SMILES string of the molecule is CCN1CCN(CCNCC2CCCC2)CC1C. The van der Waals surface area contributed by atoms with E-state index in [1.165, 1.54) is 71.5 Å². The van der Waals surface area contributed by atoms with Crippen molar-refractivity contribution in [2.24, 2.45) is 5.92 Å². The monoisotopic (exact) mass is 253 g/mol. The second-order valence-electron chi connectivity index (χ2n) is 6.13. The van der Waals surface area contributed by atoms with E-state index in [9.17, 15) is 0 Å². The van der Waals surface area contributed by atoms with Crippen LogP contribution in [0.3, 0.4) is 0 Å². The summed E-state index contributed by atoms with van der Waals surface area (Å²) in [5.74, 6) is 0.973. The third-order valence-corrected chi connectivity index (χ3v) is 4.77. The number of likely N-dealkylation sites (N-methyl/N-ethyl adjacent to an activating group) is 1. The molecule has 0 aromatic heterocycles. The number of hydrogen-bond donors (Lipinski definition) is 1. The minimum absolute atomic E-state index is 0.735. The van der Waals surface area contributed by atoms with Gasteiger partial charge in [0.2, 0.25) is 0 Å². The standard InChI is InChI=1S/C15H31N3/c1-3-18-11-10-17(13-14(18)2)9-8-16-12-15-6-4-5-7-15/h14-16H,3-13H2,1-2H3. The Morgan fingerprint density at radius 3 is 2.61 bits per heavy atom. The van der Waals surface area contributed by atoms with E-state index in [0.717, 1.165) is 12.0 Å². The van der Waals surface area contributed by atoms with Crippen LogP contribution in [0.15, 0.2) is 0 Å². The molecule has 3 heteroatoms. The van der Waals surface area contributed by atoms with E-state index in [4.69, 9.17) is 0 Å². The molecule has 1 atom stereocenters. The lowest BCUT2D eigenvalue weighted by atomic mass is 10.1. The van der Waals surface area contributed by atoms with Gasteiger partial charge in [-0.05, 0) is 38.8 Å². The highest BCUT2D eigenvalue weighted by Crippen LogP contribution is 2.23. The van der Waals surface area contributed by atoms with Crippen molar-refractivity contribution in [2.45, 2.75) is 45.6 Å². The molecule has 106 valence electrons. The van der Waals surface area contributed by atoms with Gasteiger partial charge >= 0.3 is 0 Å². The van der Waals surface area contributed by atoms with Crippen LogP contribution < -0.4 is 5.32 Å². The van der Waals surface area contributed by atoms with Crippen LogP contribution in [0.5, 0.6) is 0 Å². The van der Waals surface area contributed by atoms with Crippen LogP contribution in [0.1, 0.15) is 39.5 Å². The molecule has 18 heavy (non-hydrogen) atoms. The Morgan fingerprint density at radius 2 is 1.94 bits per heavy atom. The minimum Gasteiger partial charge on any atom is -0.315 e. The molecule has 3 nitrogen and oxygen atoms in total. The second-order valence-corrected chi connectivity index (χ2v) is 6.13. The van der Waals surface area contributed by atoms with Gasteiger partial charge in [-0.15, -0.1) is 0 Å². The van der Waals surface area contributed by atoms with Crippen molar-refractivity contribution >= 4 is 0 Å². The van der Waals surface area contributed by atoms with Crippen LogP contribution in [-0.2, 0) is 0 Å². The van der Waals surface area contributed by atoms with Gasteiger partial charge in [0.1, 0.15) is 0 Å². The quantitative estimate of drug-likeness (QED) is 0.728. The Kier molecular flexibility index (Phi) is 5.93. The van der Waals surface area contributed by atoms with Crippen molar-refractivity contribution in [3.63, 3.8) is 0 Å². The summed E-state index contributed by atoms with van der Waals surface area (Å²) >= 11 is 0. The minimum atomic E-state index is 0.735. The number of hydrogen-bond acceptors (Lipinski definition) is 3. The van der Waals surface area contributed by atoms with Crippen molar-refractivity contribution in [1.29, 1.82) is 0 Å². The number of nitrogens with zero attached hydrogens (tertiary/aromatic N) is 2. The molecule has 1 heterocycles. The first-order valence-corrected chi connectivity index (χ1v) is 7.96. The first-order valence-electron chi connectivity index (χ1n) is 7.96. The van der Waals surface area contributed by atoms with E-state index in [2.05, 4.69) is 29.0 Å². The van der Waals surface area contributed by atoms with Gasteiger partial charge < -0.3 is 5.32 Å². The summed E-state index contributed by atoms with van der Waals surface area (Å²) in [5.41, 5.74) is 0. The first kappa shape index (κ1) is 14.3. The molecule has 1 saturated heterocycles. The van der Waals surface area contributed by atoms with Gasteiger partial charge in [-0.3, -0.25) is 9.80 Å². The maximum absolute atomic E-state index is 3.66. The van der Waals surface area contributed by atoms with E-state index >= 15 is 0 Å². The molecule has 2 rings (SSSR count). The third-order valence-electron chi connectivity index (χ3n) is 4.77. The van der Waals surface area contributed by atoms with Crippen LogP contribution in [0, 0.1) is 5.92 Å². The Labute approximate surface area is 113 Å². The second kappa shape index (κ2) is 7.46. The maximum atomic E-state index is 3.66. The van der Waals surface area contributed by atoms with Gasteiger partial charge in [0.25, 0.3) is 0 Å². The summed E-state index contributed by atoms with van der Waals surface area (Å²) in [6.07, 6.45) is 5.84. The Balaban J connectivity index is 1.54. The van der Waals surface area contributed by atoms with Gasteiger partial charge in [-0.1, -0.05) is 19.8 Å².